The highest BCUT2D eigenvalue weighted by Crippen LogP contribution is 2.49. The maximum absolute atomic E-state index is 13.3. The number of hydrogen-bond donors (Lipinski definition) is 0. The van der Waals surface area contributed by atoms with E-state index in [4.69, 9.17) is 0 Å². The molecule has 1 saturated heterocycles. The van der Waals surface area contributed by atoms with Crippen LogP contribution in [0.25, 0.3) is 0 Å². The molecule has 2 fully saturated rings. The third-order valence-electron chi connectivity index (χ3n) is 5.92. The van der Waals surface area contributed by atoms with Crippen LogP contribution in [0.4, 0.5) is 5.69 Å². The third-order valence-corrected chi connectivity index (χ3v) is 5.92. The number of nitrogens with zero attached hydrogens (tertiary/aromatic N) is 2. The van der Waals surface area contributed by atoms with E-state index in [0.717, 1.165) is 30.6 Å². The van der Waals surface area contributed by atoms with Gasteiger partial charge in [0.15, 0.2) is 0 Å². The minimum Gasteiger partial charge on any atom is -0.341 e. The zero-order chi connectivity index (χ0) is 17.1. The largest absolute Gasteiger partial charge is 0.341 e. The van der Waals surface area contributed by atoms with Gasteiger partial charge in [0.1, 0.15) is 0 Å². The van der Waals surface area contributed by atoms with Gasteiger partial charge in [-0.05, 0) is 36.3 Å². The predicted molar refractivity (Wildman–Crippen MR) is 93.8 cm³/mol. The molecule has 1 spiro atoms. The lowest BCUT2D eigenvalue weighted by Gasteiger charge is -2.25. The van der Waals surface area contributed by atoms with E-state index >= 15 is 0 Å². The van der Waals surface area contributed by atoms with Crippen LogP contribution in [-0.2, 0) is 15.0 Å². The van der Waals surface area contributed by atoms with Crippen molar-refractivity contribution < 1.29 is 9.59 Å². The molecule has 0 bridgehead atoms. The molecule has 3 atom stereocenters. The molecule has 2 amide bonds. The lowest BCUT2D eigenvalue weighted by molar-refractivity contribution is -0.132. The van der Waals surface area contributed by atoms with Crippen molar-refractivity contribution in [2.45, 2.75) is 39.0 Å². The Hall–Kier alpha value is -1.84. The van der Waals surface area contributed by atoms with E-state index in [0.29, 0.717) is 24.9 Å². The average Bonchev–Trinajstić information content (AvgIpc) is 3.05. The molecule has 0 unspecified atom stereocenters. The molecular weight excluding hydrogens is 300 g/mol. The van der Waals surface area contributed by atoms with Crippen molar-refractivity contribution in [3.8, 4) is 0 Å². The van der Waals surface area contributed by atoms with Gasteiger partial charge in [-0.2, -0.15) is 0 Å². The molecule has 4 nitrogen and oxygen atoms in total. The number of amides is 2. The summed E-state index contributed by atoms with van der Waals surface area (Å²) in [4.78, 5) is 29.9. The van der Waals surface area contributed by atoms with Gasteiger partial charge in [0, 0.05) is 31.2 Å². The van der Waals surface area contributed by atoms with Crippen LogP contribution in [0.2, 0.25) is 0 Å². The van der Waals surface area contributed by atoms with Crippen molar-refractivity contribution in [2.75, 3.05) is 24.5 Å². The first-order chi connectivity index (χ1) is 11.4. The normalized spacial score (nSPS) is 31.2. The lowest BCUT2D eigenvalue weighted by atomic mass is 9.81. The van der Waals surface area contributed by atoms with Gasteiger partial charge in [-0.25, -0.2) is 0 Å². The number of anilines is 1. The Morgan fingerprint density at radius 1 is 1.33 bits per heavy atom. The first-order valence-corrected chi connectivity index (χ1v) is 9.14. The van der Waals surface area contributed by atoms with Gasteiger partial charge >= 0.3 is 0 Å². The summed E-state index contributed by atoms with van der Waals surface area (Å²) in [5.74, 6) is 1.57. The summed E-state index contributed by atoms with van der Waals surface area (Å²) >= 11 is 0. The molecule has 4 heteroatoms. The topological polar surface area (TPSA) is 40.6 Å². The summed E-state index contributed by atoms with van der Waals surface area (Å²) in [6.07, 6.45) is 1.76. The fraction of sp³-hybridized carbons (Fsp3) is 0.600. The molecular formula is C20H26N2O2. The van der Waals surface area contributed by atoms with Crippen molar-refractivity contribution in [3.05, 3.63) is 29.8 Å². The number of hydrogen-bond acceptors (Lipinski definition) is 2. The molecule has 4 rings (SSSR count). The maximum Gasteiger partial charge on any atom is 0.239 e. The Balaban J connectivity index is 1.65. The Kier molecular flexibility index (Phi) is 3.48. The van der Waals surface area contributed by atoms with Crippen molar-refractivity contribution in [2.24, 2.45) is 17.8 Å². The van der Waals surface area contributed by atoms with Crippen LogP contribution in [0.1, 0.15) is 39.2 Å². The fourth-order valence-corrected chi connectivity index (χ4v) is 4.44. The molecule has 0 N–H and O–H groups in total. The van der Waals surface area contributed by atoms with Crippen molar-refractivity contribution in [1.29, 1.82) is 0 Å². The second-order valence-corrected chi connectivity index (χ2v) is 8.24. The van der Waals surface area contributed by atoms with Crippen molar-refractivity contribution >= 4 is 17.5 Å². The van der Waals surface area contributed by atoms with Crippen LogP contribution in [-0.4, -0.2) is 36.3 Å². The number of likely N-dealkylation sites (tertiary alicyclic amines) is 1. The van der Waals surface area contributed by atoms with Gasteiger partial charge < -0.3 is 9.80 Å². The van der Waals surface area contributed by atoms with Crippen LogP contribution in [0.3, 0.4) is 0 Å². The number of carbonyl (C=O) groups excluding carboxylic acids is 2. The SMILES string of the molecule is CC(C)CN1C(=O)[C@]2(CCN(C(=O)[C@@H]3C[C@@H]3C)C2)c2ccccc21. The van der Waals surface area contributed by atoms with Gasteiger partial charge in [0.25, 0.3) is 0 Å². The molecule has 24 heavy (non-hydrogen) atoms. The van der Waals surface area contributed by atoms with E-state index in [1.54, 1.807) is 0 Å². The van der Waals surface area contributed by atoms with E-state index in [-0.39, 0.29) is 17.7 Å². The first kappa shape index (κ1) is 15.7. The Morgan fingerprint density at radius 2 is 2.04 bits per heavy atom. The number of carbonyl (C=O) groups is 2. The highest BCUT2D eigenvalue weighted by molar-refractivity contribution is 6.09. The molecule has 3 aliphatic rings. The summed E-state index contributed by atoms with van der Waals surface area (Å²) in [6, 6.07) is 8.15. The summed E-state index contributed by atoms with van der Waals surface area (Å²) < 4.78 is 0. The quantitative estimate of drug-likeness (QED) is 0.857. The summed E-state index contributed by atoms with van der Waals surface area (Å²) in [7, 11) is 0. The summed E-state index contributed by atoms with van der Waals surface area (Å²) in [5.41, 5.74) is 1.65. The smallest absolute Gasteiger partial charge is 0.239 e. The Labute approximate surface area is 143 Å². The standard InChI is InChI=1S/C20H26N2O2/c1-13(2)11-22-17-7-5-4-6-16(17)20(19(22)24)8-9-21(12-20)18(23)15-10-14(15)3/h4-7,13-15H,8-12H2,1-3H3/t14-,15+,20-/m0/s1. The molecule has 0 aromatic heterocycles. The molecule has 1 aliphatic carbocycles. The zero-order valence-electron chi connectivity index (χ0n) is 14.8. The van der Waals surface area contributed by atoms with E-state index in [9.17, 15) is 9.59 Å². The molecule has 1 saturated carbocycles. The number of para-hydroxylation sites is 1. The maximum atomic E-state index is 13.3. The van der Waals surface area contributed by atoms with Crippen LogP contribution < -0.4 is 4.90 Å². The van der Waals surface area contributed by atoms with Crippen LogP contribution in [0, 0.1) is 17.8 Å². The second-order valence-electron chi connectivity index (χ2n) is 8.24. The Morgan fingerprint density at radius 3 is 2.71 bits per heavy atom. The van der Waals surface area contributed by atoms with Crippen molar-refractivity contribution in [3.63, 3.8) is 0 Å². The summed E-state index contributed by atoms with van der Waals surface area (Å²) in [5, 5.41) is 0. The second kappa shape index (κ2) is 5.33. The van der Waals surface area contributed by atoms with E-state index < -0.39 is 5.41 Å². The summed E-state index contributed by atoms with van der Waals surface area (Å²) in [6.45, 7) is 8.41. The van der Waals surface area contributed by atoms with E-state index in [1.165, 1.54) is 0 Å². The number of fused-ring (bicyclic) bond motifs is 2. The highest BCUT2D eigenvalue weighted by Gasteiger charge is 2.56. The molecule has 1 aromatic carbocycles. The molecule has 0 radical (unpaired) electrons. The molecule has 2 heterocycles. The number of rotatable bonds is 3. The molecule has 2 aliphatic heterocycles. The minimum absolute atomic E-state index is 0.191. The average molecular weight is 326 g/mol. The van der Waals surface area contributed by atoms with Gasteiger partial charge in [-0.3, -0.25) is 9.59 Å². The van der Waals surface area contributed by atoms with Crippen LogP contribution >= 0.6 is 0 Å². The van der Waals surface area contributed by atoms with Crippen molar-refractivity contribution in [1.82, 2.24) is 4.90 Å². The third kappa shape index (κ3) is 2.19. The van der Waals surface area contributed by atoms with Gasteiger partial charge in [0.2, 0.25) is 11.8 Å². The number of benzene rings is 1. The van der Waals surface area contributed by atoms with Gasteiger partial charge in [-0.15, -0.1) is 0 Å². The predicted octanol–water partition coefficient (Wildman–Crippen LogP) is 2.82. The zero-order valence-corrected chi connectivity index (χ0v) is 14.8. The first-order valence-electron chi connectivity index (χ1n) is 9.14. The van der Waals surface area contributed by atoms with E-state index in [2.05, 4.69) is 32.9 Å². The monoisotopic (exact) mass is 326 g/mol. The van der Waals surface area contributed by atoms with Gasteiger partial charge in [-0.1, -0.05) is 39.0 Å². The molecule has 128 valence electrons. The fourth-order valence-electron chi connectivity index (χ4n) is 4.44. The lowest BCUT2D eigenvalue weighted by Crippen LogP contribution is -2.44. The highest BCUT2D eigenvalue weighted by atomic mass is 16.2. The van der Waals surface area contributed by atoms with Crippen LogP contribution in [0.5, 0.6) is 0 Å². The van der Waals surface area contributed by atoms with Crippen LogP contribution in [0.15, 0.2) is 24.3 Å². The van der Waals surface area contributed by atoms with Gasteiger partial charge in [0.05, 0.1) is 5.41 Å². The van der Waals surface area contributed by atoms with E-state index in [1.807, 2.05) is 21.9 Å². The Bertz CT molecular complexity index is 699. The minimum atomic E-state index is -0.515. The molecule has 1 aromatic rings.